The van der Waals surface area contributed by atoms with Crippen LogP contribution in [-0.2, 0) is 18.4 Å². The van der Waals surface area contributed by atoms with E-state index in [2.05, 4.69) is 19.9 Å². The van der Waals surface area contributed by atoms with Crippen molar-refractivity contribution >= 4 is 43.8 Å². The lowest BCUT2D eigenvalue weighted by Gasteiger charge is -2.33. The number of hydrogen-bond acceptors (Lipinski definition) is 11. The van der Waals surface area contributed by atoms with Gasteiger partial charge >= 0.3 is 15.2 Å². The molecule has 15 nitrogen and oxygen atoms in total. The van der Waals surface area contributed by atoms with Crippen LogP contribution >= 0.6 is 26.8 Å². The molecule has 4 rings (SSSR count). The Balaban J connectivity index is 1.55. The van der Waals surface area contributed by atoms with E-state index in [1.807, 2.05) is 11.9 Å². The van der Waals surface area contributed by atoms with Gasteiger partial charge in [0.25, 0.3) is 0 Å². The van der Waals surface area contributed by atoms with Crippen LogP contribution in [0.5, 0.6) is 0 Å². The Bertz CT molecular complexity index is 1140. The number of ether oxygens (including phenoxy) is 1. The lowest BCUT2D eigenvalue weighted by Crippen LogP contribution is -2.45. The van der Waals surface area contributed by atoms with Crippen molar-refractivity contribution < 1.29 is 43.3 Å². The molecule has 0 aliphatic carbocycles. The van der Waals surface area contributed by atoms with Crippen molar-refractivity contribution in [1.29, 1.82) is 0 Å². The first kappa shape index (κ1) is 25.9. The maximum absolute atomic E-state index is 11.9. The van der Waals surface area contributed by atoms with Gasteiger partial charge in [-0.2, -0.15) is 9.97 Å². The van der Waals surface area contributed by atoms with Gasteiger partial charge < -0.3 is 44.0 Å². The first-order valence-electron chi connectivity index (χ1n) is 10.2. The third kappa shape index (κ3) is 5.61. The van der Waals surface area contributed by atoms with Gasteiger partial charge in [-0.05, 0) is 18.6 Å². The third-order valence-electron chi connectivity index (χ3n) is 5.59. The van der Waals surface area contributed by atoms with Crippen LogP contribution in [0.1, 0.15) is 6.23 Å². The van der Waals surface area contributed by atoms with E-state index in [0.717, 1.165) is 13.1 Å². The summed E-state index contributed by atoms with van der Waals surface area (Å²) >= 11 is 6.16. The molecule has 2 aromatic heterocycles. The molecule has 4 heterocycles. The summed E-state index contributed by atoms with van der Waals surface area (Å²) in [4.78, 5) is 44.5. The molecule has 18 heteroatoms. The van der Waals surface area contributed by atoms with Gasteiger partial charge in [-0.15, -0.1) is 0 Å². The maximum atomic E-state index is 11.9. The summed E-state index contributed by atoms with van der Waals surface area (Å²) in [6, 6.07) is 0. The number of nitrogens with zero attached hydrogens (tertiary/aromatic N) is 6. The summed E-state index contributed by atoms with van der Waals surface area (Å²) in [5.74, 6) is -0.862. The average molecular weight is 543 g/mol. The number of anilines is 1. The maximum Gasteiger partial charge on any atom is 0.340 e. The van der Waals surface area contributed by atoms with Crippen LogP contribution in [0.25, 0.3) is 11.2 Å². The van der Waals surface area contributed by atoms with Crippen LogP contribution in [0.2, 0.25) is 5.28 Å². The van der Waals surface area contributed by atoms with E-state index >= 15 is 0 Å². The topological polar surface area (TPSA) is 204 Å². The van der Waals surface area contributed by atoms with Gasteiger partial charge in [0.1, 0.15) is 18.3 Å². The van der Waals surface area contributed by atoms with Gasteiger partial charge in [-0.3, -0.25) is 13.7 Å². The van der Waals surface area contributed by atoms with Gasteiger partial charge in [0.2, 0.25) is 5.28 Å². The lowest BCUT2D eigenvalue weighted by molar-refractivity contribution is -0.0483. The van der Waals surface area contributed by atoms with Crippen LogP contribution in [0.4, 0.5) is 5.82 Å². The Morgan fingerprint density at radius 3 is 2.47 bits per heavy atom. The number of rotatable bonds is 7. The minimum atomic E-state index is -4.82. The molecule has 2 aromatic rings. The second kappa shape index (κ2) is 9.68. The lowest BCUT2D eigenvalue weighted by atomic mass is 10.1. The van der Waals surface area contributed by atoms with Crippen LogP contribution in [-0.4, -0.2) is 113 Å². The Kier molecular flexibility index (Phi) is 7.36. The molecule has 0 amide bonds. The van der Waals surface area contributed by atoms with E-state index in [9.17, 15) is 24.2 Å². The quantitative estimate of drug-likeness (QED) is 0.214. The fourth-order valence-corrected chi connectivity index (χ4v) is 6.59. The highest BCUT2D eigenvalue weighted by Crippen LogP contribution is 2.55. The molecule has 2 aliphatic rings. The standard InChI is InChI=1S/C16H25ClN6O9P2/c1-21-2-4-22(5-3-21)13-10-14(20-16(17)19-13)23(7-18-10)15-12(25)11(24)9(32-15)6-31-34(29,30)8-33(26,27)28/h7,9,11-12,15,24-25H,2-6,8H2,1H3,(H,29,30)(H2,26,27,28)/t9-,11+,12+,15-/m1/s1. The normalized spacial score (nSPS) is 28.5. The summed E-state index contributed by atoms with van der Waals surface area (Å²) in [7, 11) is -7.47. The monoisotopic (exact) mass is 542 g/mol. The molecule has 1 unspecified atom stereocenters. The summed E-state index contributed by atoms with van der Waals surface area (Å²) in [6.07, 6.45) is -4.15. The van der Waals surface area contributed by atoms with Gasteiger partial charge in [-0.1, -0.05) is 0 Å². The highest BCUT2D eigenvalue weighted by Gasteiger charge is 2.46. The SMILES string of the molecule is CN1CCN(c2nc(Cl)nc3c2ncn3[C@@H]2O[C@H](COP(=O)(O)CP(=O)(O)O)[C@H](O)[C@@H]2O)CC1. The Morgan fingerprint density at radius 2 is 1.82 bits per heavy atom. The second-order valence-corrected chi connectivity index (χ2v) is 12.5. The van der Waals surface area contributed by atoms with Crippen LogP contribution in [0, 0.1) is 0 Å². The smallest absolute Gasteiger partial charge is 0.340 e. The van der Waals surface area contributed by atoms with Crippen molar-refractivity contribution in [2.24, 2.45) is 0 Å². The number of likely N-dealkylation sites (N-methyl/N-ethyl adjacent to an activating group) is 1. The fourth-order valence-electron chi connectivity index (χ4n) is 3.86. The first-order valence-corrected chi connectivity index (χ1v) is 14.1. The highest BCUT2D eigenvalue weighted by atomic mass is 35.5. The molecule has 2 saturated heterocycles. The molecule has 0 saturated carbocycles. The molecule has 0 spiro atoms. The van der Waals surface area contributed by atoms with Gasteiger partial charge in [0, 0.05) is 26.2 Å². The molecule has 0 radical (unpaired) electrons. The predicted octanol–water partition coefficient (Wildman–Crippen LogP) is -0.812. The number of aliphatic hydroxyl groups is 2. The molecule has 5 N–H and O–H groups in total. The number of halogens is 1. The number of fused-ring (bicyclic) bond motifs is 1. The Labute approximate surface area is 198 Å². The van der Waals surface area contributed by atoms with E-state index in [4.69, 9.17) is 30.6 Å². The van der Waals surface area contributed by atoms with Crippen LogP contribution < -0.4 is 4.90 Å². The van der Waals surface area contributed by atoms with Crippen molar-refractivity contribution in [2.75, 3.05) is 50.6 Å². The highest BCUT2D eigenvalue weighted by molar-refractivity contribution is 7.70. The molecular formula is C16H25ClN6O9P2. The van der Waals surface area contributed by atoms with Crippen molar-refractivity contribution in [2.45, 2.75) is 24.5 Å². The third-order valence-corrected chi connectivity index (χ3v) is 9.22. The largest absolute Gasteiger partial charge is 0.387 e. The summed E-state index contributed by atoms with van der Waals surface area (Å²) < 4.78 is 34.6. The molecule has 2 fully saturated rings. The van der Waals surface area contributed by atoms with E-state index < -0.39 is 52.2 Å². The van der Waals surface area contributed by atoms with Crippen molar-refractivity contribution in [3.8, 4) is 0 Å². The zero-order chi connectivity index (χ0) is 24.8. The summed E-state index contributed by atoms with van der Waals surface area (Å²) in [6.45, 7) is 2.33. The first-order chi connectivity index (χ1) is 15.8. The predicted molar refractivity (Wildman–Crippen MR) is 119 cm³/mol. The molecule has 5 atom stereocenters. The number of imidazole rings is 1. The average Bonchev–Trinajstić information content (AvgIpc) is 3.26. The zero-order valence-corrected chi connectivity index (χ0v) is 20.5. The summed E-state index contributed by atoms with van der Waals surface area (Å²) in [5.41, 5.74) is 0.668. The number of piperazine rings is 1. The van der Waals surface area contributed by atoms with Crippen LogP contribution in [0.15, 0.2) is 6.33 Å². The van der Waals surface area contributed by atoms with Crippen molar-refractivity contribution in [3.05, 3.63) is 11.6 Å². The molecule has 0 aromatic carbocycles. The Morgan fingerprint density at radius 1 is 1.15 bits per heavy atom. The van der Waals surface area contributed by atoms with Crippen LogP contribution in [0.3, 0.4) is 0 Å². The van der Waals surface area contributed by atoms with Crippen molar-refractivity contribution in [1.82, 2.24) is 24.4 Å². The Hall–Kier alpha value is -1.22. The fraction of sp³-hybridized carbons (Fsp3) is 0.688. The number of hydrogen-bond donors (Lipinski definition) is 5. The van der Waals surface area contributed by atoms with Gasteiger partial charge in [-0.25, -0.2) is 4.98 Å². The molecular weight excluding hydrogens is 518 g/mol. The number of aromatic nitrogens is 4. The van der Waals surface area contributed by atoms with E-state index in [1.54, 1.807) is 0 Å². The van der Waals surface area contributed by atoms with Gasteiger partial charge in [0.15, 0.2) is 29.1 Å². The molecule has 2 aliphatic heterocycles. The van der Waals surface area contributed by atoms with E-state index in [-0.39, 0.29) is 10.9 Å². The van der Waals surface area contributed by atoms with Crippen molar-refractivity contribution in [3.63, 3.8) is 0 Å². The minimum Gasteiger partial charge on any atom is -0.387 e. The minimum absolute atomic E-state index is 0.0465. The van der Waals surface area contributed by atoms with E-state index in [1.165, 1.54) is 10.9 Å². The molecule has 34 heavy (non-hydrogen) atoms. The molecule has 0 bridgehead atoms. The molecule has 190 valence electrons. The summed E-state index contributed by atoms with van der Waals surface area (Å²) in [5, 5.41) is 20.9. The second-order valence-electron chi connectivity index (χ2n) is 8.22. The zero-order valence-electron chi connectivity index (χ0n) is 18.0. The van der Waals surface area contributed by atoms with E-state index in [0.29, 0.717) is 24.4 Å². The number of aliphatic hydroxyl groups excluding tert-OH is 2. The van der Waals surface area contributed by atoms with Gasteiger partial charge in [0.05, 0.1) is 12.9 Å².